The standard InChI is InChI=1S/C13H17N3O3S/c1-4-16-10(2)13(9-14-16)20(17,18)15-11-6-5-7-12(8-11)19-3/h5-9,15H,4H2,1-3H3. The maximum atomic E-state index is 12.3. The van der Waals surface area contributed by atoms with E-state index < -0.39 is 10.0 Å². The molecule has 0 unspecified atom stereocenters. The molecule has 108 valence electrons. The third-order valence-electron chi connectivity index (χ3n) is 2.97. The molecular weight excluding hydrogens is 278 g/mol. The Morgan fingerprint density at radius 3 is 2.75 bits per heavy atom. The minimum atomic E-state index is -3.65. The molecule has 2 rings (SSSR count). The van der Waals surface area contributed by atoms with Gasteiger partial charge in [0.05, 0.1) is 24.7 Å². The number of hydrogen-bond acceptors (Lipinski definition) is 4. The van der Waals surface area contributed by atoms with E-state index in [2.05, 4.69) is 9.82 Å². The summed E-state index contributed by atoms with van der Waals surface area (Å²) in [6.45, 7) is 4.27. The van der Waals surface area contributed by atoms with Crippen LogP contribution in [0.25, 0.3) is 0 Å². The number of rotatable bonds is 5. The van der Waals surface area contributed by atoms with Crippen molar-refractivity contribution in [3.63, 3.8) is 0 Å². The van der Waals surface area contributed by atoms with Gasteiger partial charge in [0.25, 0.3) is 10.0 Å². The molecule has 0 amide bonds. The monoisotopic (exact) mass is 295 g/mol. The summed E-state index contributed by atoms with van der Waals surface area (Å²) < 4.78 is 33.9. The van der Waals surface area contributed by atoms with Gasteiger partial charge in [0.2, 0.25) is 0 Å². The fraction of sp³-hybridized carbons (Fsp3) is 0.308. The lowest BCUT2D eigenvalue weighted by atomic mass is 10.3. The van der Waals surface area contributed by atoms with Gasteiger partial charge >= 0.3 is 0 Å². The molecule has 0 aliphatic rings. The van der Waals surface area contributed by atoms with Crippen LogP contribution in [0.5, 0.6) is 5.75 Å². The Morgan fingerprint density at radius 1 is 1.40 bits per heavy atom. The van der Waals surface area contributed by atoms with Crippen LogP contribution in [-0.2, 0) is 16.6 Å². The molecule has 0 fully saturated rings. The van der Waals surface area contributed by atoms with E-state index in [1.54, 1.807) is 35.9 Å². The summed E-state index contributed by atoms with van der Waals surface area (Å²) in [4.78, 5) is 0.183. The number of aryl methyl sites for hydroxylation is 1. The number of ether oxygens (including phenoxy) is 1. The highest BCUT2D eigenvalue weighted by atomic mass is 32.2. The van der Waals surface area contributed by atoms with Gasteiger partial charge < -0.3 is 4.74 Å². The van der Waals surface area contributed by atoms with Crippen LogP contribution in [0.4, 0.5) is 5.69 Å². The number of nitrogens with zero attached hydrogens (tertiary/aromatic N) is 2. The van der Waals surface area contributed by atoms with E-state index in [1.807, 2.05) is 6.92 Å². The van der Waals surface area contributed by atoms with Crippen LogP contribution in [0, 0.1) is 6.92 Å². The van der Waals surface area contributed by atoms with E-state index in [4.69, 9.17) is 4.74 Å². The van der Waals surface area contributed by atoms with E-state index in [0.29, 0.717) is 23.7 Å². The van der Waals surface area contributed by atoms with Gasteiger partial charge in [-0.3, -0.25) is 9.40 Å². The summed E-state index contributed by atoms with van der Waals surface area (Å²) >= 11 is 0. The molecule has 1 aromatic carbocycles. The predicted octanol–water partition coefficient (Wildman–Crippen LogP) is 2.02. The Bertz CT molecular complexity index is 707. The fourth-order valence-electron chi connectivity index (χ4n) is 1.91. The normalized spacial score (nSPS) is 11.3. The molecule has 0 aliphatic carbocycles. The largest absolute Gasteiger partial charge is 0.497 e. The first-order chi connectivity index (χ1) is 9.47. The highest BCUT2D eigenvalue weighted by Crippen LogP contribution is 2.22. The van der Waals surface area contributed by atoms with Crippen molar-refractivity contribution in [2.24, 2.45) is 0 Å². The number of anilines is 1. The summed E-state index contributed by atoms with van der Waals surface area (Å²) in [6.07, 6.45) is 1.36. The molecule has 0 radical (unpaired) electrons. The number of sulfonamides is 1. The Balaban J connectivity index is 2.33. The lowest BCUT2D eigenvalue weighted by Crippen LogP contribution is -2.14. The lowest BCUT2D eigenvalue weighted by Gasteiger charge is -2.09. The minimum Gasteiger partial charge on any atom is -0.497 e. The SMILES string of the molecule is CCn1ncc(S(=O)(=O)Nc2cccc(OC)c2)c1C. The molecule has 6 nitrogen and oxygen atoms in total. The number of hydrogen-bond donors (Lipinski definition) is 1. The molecule has 0 saturated carbocycles. The quantitative estimate of drug-likeness (QED) is 0.916. The second-order valence-electron chi connectivity index (χ2n) is 4.25. The van der Waals surface area contributed by atoms with Crippen molar-refractivity contribution in [1.29, 1.82) is 0 Å². The lowest BCUT2D eigenvalue weighted by molar-refractivity contribution is 0.415. The zero-order valence-electron chi connectivity index (χ0n) is 11.6. The van der Waals surface area contributed by atoms with E-state index >= 15 is 0 Å². The van der Waals surface area contributed by atoms with Gasteiger partial charge in [0.1, 0.15) is 10.6 Å². The topological polar surface area (TPSA) is 73.2 Å². The summed E-state index contributed by atoms with van der Waals surface area (Å²) in [5, 5.41) is 4.05. The van der Waals surface area contributed by atoms with Crippen molar-refractivity contribution >= 4 is 15.7 Å². The van der Waals surface area contributed by atoms with E-state index in [9.17, 15) is 8.42 Å². The molecule has 0 aliphatic heterocycles. The average Bonchev–Trinajstić information content (AvgIpc) is 2.80. The molecule has 0 saturated heterocycles. The molecule has 0 spiro atoms. The third-order valence-corrected chi connectivity index (χ3v) is 4.45. The predicted molar refractivity (Wildman–Crippen MR) is 76.4 cm³/mol. The van der Waals surface area contributed by atoms with Crippen molar-refractivity contribution in [1.82, 2.24) is 9.78 Å². The maximum absolute atomic E-state index is 12.3. The Morgan fingerprint density at radius 2 is 2.15 bits per heavy atom. The summed E-state index contributed by atoms with van der Waals surface area (Å²) in [5.41, 5.74) is 1.07. The van der Waals surface area contributed by atoms with E-state index in [1.165, 1.54) is 13.3 Å². The third kappa shape index (κ3) is 2.77. The Labute approximate surface area is 118 Å². The van der Waals surface area contributed by atoms with Crippen LogP contribution in [0.1, 0.15) is 12.6 Å². The first kappa shape index (κ1) is 14.4. The molecule has 2 aromatic rings. The van der Waals surface area contributed by atoms with Crippen LogP contribution in [0.2, 0.25) is 0 Å². The number of aromatic nitrogens is 2. The first-order valence-electron chi connectivity index (χ1n) is 6.17. The summed E-state index contributed by atoms with van der Waals surface area (Å²) in [6, 6.07) is 6.76. The number of benzene rings is 1. The number of nitrogens with one attached hydrogen (secondary N) is 1. The highest BCUT2D eigenvalue weighted by Gasteiger charge is 2.20. The van der Waals surface area contributed by atoms with Crippen molar-refractivity contribution in [3.05, 3.63) is 36.2 Å². The molecule has 7 heteroatoms. The van der Waals surface area contributed by atoms with Gasteiger partial charge in [-0.2, -0.15) is 5.10 Å². The molecule has 1 N–H and O–H groups in total. The minimum absolute atomic E-state index is 0.183. The van der Waals surface area contributed by atoms with Crippen LogP contribution >= 0.6 is 0 Å². The van der Waals surface area contributed by atoms with Gasteiger partial charge in [0.15, 0.2) is 0 Å². The van der Waals surface area contributed by atoms with Crippen LogP contribution in [0.15, 0.2) is 35.4 Å². The van der Waals surface area contributed by atoms with Gasteiger partial charge in [-0.25, -0.2) is 8.42 Å². The van der Waals surface area contributed by atoms with Crippen molar-refractivity contribution in [2.45, 2.75) is 25.3 Å². The van der Waals surface area contributed by atoms with Crippen LogP contribution < -0.4 is 9.46 Å². The molecule has 1 heterocycles. The second kappa shape index (κ2) is 5.54. The highest BCUT2D eigenvalue weighted by molar-refractivity contribution is 7.92. The molecule has 0 atom stereocenters. The van der Waals surface area contributed by atoms with Gasteiger partial charge in [-0.15, -0.1) is 0 Å². The van der Waals surface area contributed by atoms with Gasteiger partial charge in [-0.1, -0.05) is 6.07 Å². The average molecular weight is 295 g/mol. The zero-order valence-corrected chi connectivity index (χ0v) is 12.4. The van der Waals surface area contributed by atoms with E-state index in [-0.39, 0.29) is 4.90 Å². The van der Waals surface area contributed by atoms with Crippen LogP contribution in [-0.4, -0.2) is 25.3 Å². The zero-order chi connectivity index (χ0) is 14.8. The molecule has 20 heavy (non-hydrogen) atoms. The summed E-state index contributed by atoms with van der Waals surface area (Å²) in [7, 11) is -2.12. The fourth-order valence-corrected chi connectivity index (χ4v) is 3.14. The Hall–Kier alpha value is -2.02. The molecule has 0 bridgehead atoms. The number of methoxy groups -OCH3 is 1. The van der Waals surface area contributed by atoms with Gasteiger partial charge in [0, 0.05) is 12.6 Å². The van der Waals surface area contributed by atoms with Crippen molar-refractivity contribution in [2.75, 3.05) is 11.8 Å². The van der Waals surface area contributed by atoms with Crippen molar-refractivity contribution < 1.29 is 13.2 Å². The first-order valence-corrected chi connectivity index (χ1v) is 7.65. The second-order valence-corrected chi connectivity index (χ2v) is 5.90. The Kier molecular flexibility index (Phi) is 3.99. The molecular formula is C13H17N3O3S. The smallest absolute Gasteiger partial charge is 0.265 e. The maximum Gasteiger partial charge on any atom is 0.265 e. The summed E-state index contributed by atoms with van der Waals surface area (Å²) in [5.74, 6) is 0.589. The van der Waals surface area contributed by atoms with Crippen molar-refractivity contribution in [3.8, 4) is 5.75 Å². The van der Waals surface area contributed by atoms with Gasteiger partial charge in [-0.05, 0) is 26.0 Å². The van der Waals surface area contributed by atoms with E-state index in [0.717, 1.165) is 0 Å². The molecule has 1 aromatic heterocycles. The van der Waals surface area contributed by atoms with Crippen LogP contribution in [0.3, 0.4) is 0 Å².